The zero-order chi connectivity index (χ0) is 14.5. The predicted molar refractivity (Wildman–Crippen MR) is 70.7 cm³/mol. The summed E-state index contributed by atoms with van der Waals surface area (Å²) in [5.41, 5.74) is -0.0228. The lowest BCUT2D eigenvalue weighted by Gasteiger charge is -2.26. The Balaban J connectivity index is 2.84. The van der Waals surface area contributed by atoms with Gasteiger partial charge in [0, 0.05) is 13.0 Å². The molecule has 0 radical (unpaired) electrons. The van der Waals surface area contributed by atoms with Crippen LogP contribution in [-0.2, 0) is 15.0 Å². The highest BCUT2D eigenvalue weighted by Crippen LogP contribution is 2.23. The average Bonchev–Trinajstić information content (AvgIpc) is 2.38. The van der Waals surface area contributed by atoms with Crippen molar-refractivity contribution < 1.29 is 19.8 Å². The van der Waals surface area contributed by atoms with Crippen molar-refractivity contribution in [2.24, 2.45) is 0 Å². The molecule has 0 fully saturated rings. The Morgan fingerprint density at radius 2 is 1.84 bits per heavy atom. The van der Waals surface area contributed by atoms with Crippen LogP contribution >= 0.6 is 0 Å². The summed E-state index contributed by atoms with van der Waals surface area (Å²) < 4.78 is 0. The molecule has 19 heavy (non-hydrogen) atoms. The molecule has 104 valence electrons. The number of hydrogen-bond acceptors (Lipinski definition) is 3. The maximum atomic E-state index is 12.2. The SMILES string of the molecule is CC(C)(C(=O)N[C@@H](CCO)C(=O)O)c1ccccc1. The second-order valence-electron chi connectivity index (χ2n) is 4.87. The summed E-state index contributed by atoms with van der Waals surface area (Å²) in [4.78, 5) is 23.2. The minimum absolute atomic E-state index is 0.00799. The van der Waals surface area contributed by atoms with Gasteiger partial charge in [0.25, 0.3) is 0 Å². The van der Waals surface area contributed by atoms with Crippen molar-refractivity contribution in [1.29, 1.82) is 0 Å². The van der Waals surface area contributed by atoms with Gasteiger partial charge in [-0.15, -0.1) is 0 Å². The summed E-state index contributed by atoms with van der Waals surface area (Å²) in [6.07, 6.45) is -0.00799. The second kappa shape index (κ2) is 6.33. The van der Waals surface area contributed by atoms with Crippen LogP contribution in [0.2, 0.25) is 0 Å². The van der Waals surface area contributed by atoms with Gasteiger partial charge < -0.3 is 15.5 Å². The Labute approximate surface area is 112 Å². The van der Waals surface area contributed by atoms with Crippen molar-refractivity contribution in [1.82, 2.24) is 5.32 Å². The number of carboxylic acids is 1. The third-order valence-electron chi connectivity index (χ3n) is 3.08. The van der Waals surface area contributed by atoms with E-state index in [-0.39, 0.29) is 18.9 Å². The van der Waals surface area contributed by atoms with Gasteiger partial charge in [-0.2, -0.15) is 0 Å². The van der Waals surface area contributed by atoms with Crippen LogP contribution in [-0.4, -0.2) is 34.7 Å². The lowest BCUT2D eigenvalue weighted by atomic mass is 9.83. The summed E-state index contributed by atoms with van der Waals surface area (Å²) in [7, 11) is 0. The number of aliphatic hydroxyl groups is 1. The standard InChI is InChI=1S/C14H19NO4/c1-14(2,10-6-4-3-5-7-10)13(19)15-11(8-9-16)12(17)18/h3-7,11,16H,8-9H2,1-2H3,(H,15,19)(H,17,18)/t11-/m0/s1. The van der Waals surface area contributed by atoms with Crippen LogP contribution in [0, 0.1) is 0 Å². The molecule has 0 saturated carbocycles. The van der Waals surface area contributed by atoms with Gasteiger partial charge in [-0.05, 0) is 19.4 Å². The number of aliphatic carboxylic acids is 1. The van der Waals surface area contributed by atoms with E-state index in [4.69, 9.17) is 10.2 Å². The van der Waals surface area contributed by atoms with Gasteiger partial charge in [-0.1, -0.05) is 30.3 Å². The Hall–Kier alpha value is -1.88. The zero-order valence-electron chi connectivity index (χ0n) is 11.1. The van der Waals surface area contributed by atoms with Gasteiger partial charge in [0.15, 0.2) is 0 Å². The molecule has 0 bridgehead atoms. The van der Waals surface area contributed by atoms with Gasteiger partial charge in [0.05, 0.1) is 5.41 Å². The quantitative estimate of drug-likeness (QED) is 0.713. The van der Waals surface area contributed by atoms with Gasteiger partial charge >= 0.3 is 5.97 Å². The highest BCUT2D eigenvalue weighted by atomic mass is 16.4. The van der Waals surface area contributed by atoms with E-state index in [1.165, 1.54) is 0 Å². The van der Waals surface area contributed by atoms with Crippen LogP contribution in [0.3, 0.4) is 0 Å². The van der Waals surface area contributed by atoms with Gasteiger partial charge in [-0.3, -0.25) is 4.79 Å². The number of carbonyl (C=O) groups is 2. The van der Waals surface area contributed by atoms with Crippen molar-refractivity contribution in [2.75, 3.05) is 6.61 Å². The number of benzene rings is 1. The molecule has 0 spiro atoms. The van der Waals surface area contributed by atoms with Crippen molar-refractivity contribution in [2.45, 2.75) is 31.7 Å². The topological polar surface area (TPSA) is 86.6 Å². The first-order valence-electron chi connectivity index (χ1n) is 6.09. The smallest absolute Gasteiger partial charge is 0.326 e. The molecule has 0 aliphatic carbocycles. The molecule has 1 amide bonds. The third-order valence-corrected chi connectivity index (χ3v) is 3.08. The summed E-state index contributed by atoms with van der Waals surface area (Å²) in [5, 5.41) is 20.2. The maximum Gasteiger partial charge on any atom is 0.326 e. The van der Waals surface area contributed by atoms with Crippen LogP contribution in [0.15, 0.2) is 30.3 Å². The molecule has 3 N–H and O–H groups in total. The number of hydrogen-bond donors (Lipinski definition) is 3. The molecule has 0 aliphatic rings. The lowest BCUT2D eigenvalue weighted by molar-refractivity contribution is -0.143. The van der Waals surface area contributed by atoms with Crippen LogP contribution in [0.1, 0.15) is 25.8 Å². The minimum Gasteiger partial charge on any atom is -0.480 e. The predicted octanol–water partition coefficient (Wildman–Crippen LogP) is 0.916. The maximum absolute atomic E-state index is 12.2. The molecule has 1 aromatic carbocycles. The highest BCUT2D eigenvalue weighted by Gasteiger charge is 2.32. The van der Waals surface area contributed by atoms with Crippen LogP contribution in [0.4, 0.5) is 0 Å². The summed E-state index contributed by atoms with van der Waals surface area (Å²) in [5.74, 6) is -1.52. The fraction of sp³-hybridized carbons (Fsp3) is 0.429. The number of aliphatic hydroxyl groups excluding tert-OH is 1. The van der Waals surface area contributed by atoms with Crippen molar-refractivity contribution in [3.63, 3.8) is 0 Å². The first-order chi connectivity index (χ1) is 8.89. The lowest BCUT2D eigenvalue weighted by Crippen LogP contribution is -2.48. The van der Waals surface area contributed by atoms with Crippen molar-refractivity contribution in [3.05, 3.63) is 35.9 Å². The van der Waals surface area contributed by atoms with E-state index in [2.05, 4.69) is 5.32 Å². The van der Waals surface area contributed by atoms with Gasteiger partial charge in [0.1, 0.15) is 6.04 Å². The fourth-order valence-corrected chi connectivity index (χ4v) is 1.71. The fourth-order valence-electron chi connectivity index (χ4n) is 1.71. The Bertz CT molecular complexity index is 442. The molecule has 0 aromatic heterocycles. The number of rotatable bonds is 6. The van der Waals surface area contributed by atoms with Crippen LogP contribution < -0.4 is 5.32 Å². The van der Waals surface area contributed by atoms with E-state index in [1.54, 1.807) is 13.8 Å². The zero-order valence-corrected chi connectivity index (χ0v) is 11.1. The molecule has 1 rings (SSSR count). The number of carbonyl (C=O) groups excluding carboxylic acids is 1. The molecular weight excluding hydrogens is 246 g/mol. The van der Waals surface area contributed by atoms with Crippen LogP contribution in [0.25, 0.3) is 0 Å². The molecule has 1 atom stereocenters. The first kappa shape index (κ1) is 15.2. The summed E-state index contributed by atoms with van der Waals surface area (Å²) >= 11 is 0. The Morgan fingerprint density at radius 1 is 1.26 bits per heavy atom. The van der Waals surface area contributed by atoms with Gasteiger partial charge in [-0.25, -0.2) is 4.79 Å². The van der Waals surface area contributed by atoms with Crippen molar-refractivity contribution >= 4 is 11.9 Å². The summed E-state index contributed by atoms with van der Waals surface area (Å²) in [6, 6.07) is 8.08. The number of carboxylic acid groups (broad SMARTS) is 1. The first-order valence-corrected chi connectivity index (χ1v) is 6.09. The number of amides is 1. The average molecular weight is 265 g/mol. The molecule has 0 unspecified atom stereocenters. The van der Waals surface area contributed by atoms with E-state index < -0.39 is 17.4 Å². The molecule has 5 heteroatoms. The molecule has 0 saturated heterocycles. The molecular formula is C14H19NO4. The molecule has 0 heterocycles. The largest absolute Gasteiger partial charge is 0.480 e. The summed E-state index contributed by atoms with van der Waals surface area (Å²) in [6.45, 7) is 3.17. The number of nitrogens with one attached hydrogen (secondary N) is 1. The van der Waals surface area contributed by atoms with Crippen LogP contribution in [0.5, 0.6) is 0 Å². The molecule has 0 aliphatic heterocycles. The van der Waals surface area contributed by atoms with Gasteiger partial charge in [0.2, 0.25) is 5.91 Å². The molecule has 1 aromatic rings. The Kier molecular flexibility index (Phi) is 5.06. The Morgan fingerprint density at radius 3 is 2.32 bits per heavy atom. The normalized spacial score (nSPS) is 12.8. The van der Waals surface area contributed by atoms with E-state index in [0.717, 1.165) is 5.56 Å². The second-order valence-corrected chi connectivity index (χ2v) is 4.87. The van der Waals surface area contributed by atoms with E-state index in [0.29, 0.717) is 0 Å². The van der Waals surface area contributed by atoms with E-state index >= 15 is 0 Å². The third kappa shape index (κ3) is 3.79. The van der Waals surface area contributed by atoms with E-state index in [9.17, 15) is 9.59 Å². The van der Waals surface area contributed by atoms with Crippen molar-refractivity contribution in [3.8, 4) is 0 Å². The minimum atomic E-state index is -1.15. The monoisotopic (exact) mass is 265 g/mol. The van der Waals surface area contributed by atoms with E-state index in [1.807, 2.05) is 30.3 Å². The highest BCUT2D eigenvalue weighted by molar-refractivity contribution is 5.90. The molecule has 5 nitrogen and oxygen atoms in total.